The maximum atomic E-state index is 12.2. The zero-order chi connectivity index (χ0) is 20.3. The van der Waals surface area contributed by atoms with E-state index in [2.05, 4.69) is 6.92 Å². The van der Waals surface area contributed by atoms with Gasteiger partial charge in [0.1, 0.15) is 0 Å². The van der Waals surface area contributed by atoms with E-state index in [4.69, 9.17) is 4.74 Å². The van der Waals surface area contributed by atoms with Crippen molar-refractivity contribution in [2.45, 2.75) is 85.5 Å². The van der Waals surface area contributed by atoms with E-state index in [-0.39, 0.29) is 17.3 Å². The van der Waals surface area contributed by atoms with Crippen LogP contribution in [-0.4, -0.2) is 23.7 Å². The molecule has 1 spiro atoms. The van der Waals surface area contributed by atoms with Gasteiger partial charge >= 0.3 is 11.9 Å². The van der Waals surface area contributed by atoms with Crippen molar-refractivity contribution in [3.05, 3.63) is 0 Å². The van der Waals surface area contributed by atoms with Crippen molar-refractivity contribution in [3.63, 3.8) is 0 Å². The number of carbonyl (C=O) groups is 2. The fourth-order valence-electron chi connectivity index (χ4n) is 8.39. The van der Waals surface area contributed by atoms with Crippen LogP contribution in [0.5, 0.6) is 0 Å². The Kier molecular flexibility index (Phi) is 4.87. The summed E-state index contributed by atoms with van der Waals surface area (Å²) in [6.07, 6.45) is 10.2. The molecular weight excluding hydrogens is 352 g/mol. The van der Waals surface area contributed by atoms with E-state index < -0.39 is 11.4 Å². The molecule has 4 fully saturated rings. The second-order valence-electron chi connectivity index (χ2n) is 11.4. The number of ether oxygens (including phenoxy) is 1. The number of hydrogen-bond donors (Lipinski definition) is 1. The molecule has 0 heterocycles. The van der Waals surface area contributed by atoms with Crippen LogP contribution < -0.4 is 0 Å². The first kappa shape index (κ1) is 20.2. The summed E-state index contributed by atoms with van der Waals surface area (Å²) in [6.45, 7) is 8.83. The third-order valence-corrected chi connectivity index (χ3v) is 9.67. The molecule has 2 bridgehead atoms. The molecular formula is C24H38O4. The molecule has 4 heteroatoms. The maximum absolute atomic E-state index is 12.2. The van der Waals surface area contributed by atoms with Crippen LogP contribution in [-0.2, 0) is 14.3 Å². The van der Waals surface area contributed by atoms with E-state index in [1.807, 2.05) is 20.8 Å². The highest BCUT2D eigenvalue weighted by Gasteiger charge is 2.65. The third-order valence-electron chi connectivity index (χ3n) is 9.67. The van der Waals surface area contributed by atoms with Gasteiger partial charge in [0, 0.05) is 0 Å². The van der Waals surface area contributed by atoms with Gasteiger partial charge in [-0.2, -0.15) is 0 Å². The summed E-state index contributed by atoms with van der Waals surface area (Å²) >= 11 is 0. The van der Waals surface area contributed by atoms with Crippen molar-refractivity contribution < 1.29 is 19.4 Å². The van der Waals surface area contributed by atoms with Crippen molar-refractivity contribution in [2.75, 3.05) is 6.61 Å². The van der Waals surface area contributed by atoms with Gasteiger partial charge < -0.3 is 9.84 Å². The summed E-state index contributed by atoms with van der Waals surface area (Å²) in [4.78, 5) is 24.2. The molecule has 4 aliphatic rings. The SMILES string of the molecule is CC(C)C(=O)OC[C@H]1C[C@@]23CC[C@H]4[C@@](C)(CCC[C@@]4(C)C(=O)O)[C@@H]2CC[C@H]1C3. The van der Waals surface area contributed by atoms with Crippen LogP contribution in [0.2, 0.25) is 0 Å². The van der Waals surface area contributed by atoms with E-state index in [9.17, 15) is 14.7 Å². The number of carboxylic acids is 1. The average Bonchev–Trinajstić information content (AvgIpc) is 2.89. The molecule has 0 unspecified atom stereocenters. The van der Waals surface area contributed by atoms with Gasteiger partial charge in [-0.05, 0) is 92.8 Å². The lowest BCUT2D eigenvalue weighted by Crippen LogP contribution is -2.58. The summed E-state index contributed by atoms with van der Waals surface area (Å²) in [6, 6.07) is 0. The Labute approximate surface area is 169 Å². The first-order valence-corrected chi connectivity index (χ1v) is 11.5. The predicted octanol–water partition coefficient (Wildman–Crippen LogP) is 5.30. The monoisotopic (exact) mass is 390 g/mol. The Bertz CT molecular complexity index is 657. The quantitative estimate of drug-likeness (QED) is 0.662. The highest BCUT2D eigenvalue weighted by atomic mass is 16.5. The van der Waals surface area contributed by atoms with Crippen LogP contribution in [0.3, 0.4) is 0 Å². The molecule has 0 saturated heterocycles. The number of hydrogen-bond acceptors (Lipinski definition) is 3. The molecule has 0 aliphatic heterocycles. The Morgan fingerprint density at radius 3 is 2.46 bits per heavy atom. The lowest BCUT2D eigenvalue weighted by Gasteiger charge is -2.63. The Hall–Kier alpha value is -1.06. The van der Waals surface area contributed by atoms with Crippen molar-refractivity contribution in [3.8, 4) is 0 Å². The second-order valence-corrected chi connectivity index (χ2v) is 11.4. The zero-order valence-corrected chi connectivity index (χ0v) is 18.1. The predicted molar refractivity (Wildman–Crippen MR) is 108 cm³/mol. The largest absolute Gasteiger partial charge is 0.481 e. The van der Waals surface area contributed by atoms with Gasteiger partial charge in [-0.25, -0.2) is 0 Å². The molecule has 0 amide bonds. The fourth-order valence-corrected chi connectivity index (χ4v) is 8.39. The first-order chi connectivity index (χ1) is 13.1. The Balaban J connectivity index is 1.55. The smallest absolute Gasteiger partial charge is 0.309 e. The molecule has 158 valence electrons. The first-order valence-electron chi connectivity index (χ1n) is 11.5. The van der Waals surface area contributed by atoms with E-state index in [1.54, 1.807) is 0 Å². The third kappa shape index (κ3) is 2.84. The summed E-state index contributed by atoms with van der Waals surface area (Å²) in [5, 5.41) is 10.0. The van der Waals surface area contributed by atoms with E-state index in [1.165, 1.54) is 38.5 Å². The molecule has 0 aromatic heterocycles. The van der Waals surface area contributed by atoms with Gasteiger partial charge in [0.15, 0.2) is 0 Å². The van der Waals surface area contributed by atoms with Crippen LogP contribution in [0, 0.1) is 45.8 Å². The number of carboxylic acid groups (broad SMARTS) is 1. The normalized spacial score (nSPS) is 47.3. The minimum Gasteiger partial charge on any atom is -0.481 e. The number of rotatable bonds is 4. The number of carbonyl (C=O) groups excluding carboxylic acids is 1. The van der Waals surface area contributed by atoms with E-state index in [0.29, 0.717) is 35.7 Å². The number of aliphatic carboxylic acids is 1. The molecule has 4 nitrogen and oxygen atoms in total. The molecule has 7 atom stereocenters. The average molecular weight is 391 g/mol. The lowest BCUT2D eigenvalue weighted by molar-refractivity contribution is -0.181. The summed E-state index contributed by atoms with van der Waals surface area (Å²) in [5.74, 6) is 1.41. The van der Waals surface area contributed by atoms with Gasteiger partial charge in [0.2, 0.25) is 0 Å². The molecule has 0 radical (unpaired) electrons. The summed E-state index contributed by atoms with van der Waals surface area (Å²) < 4.78 is 5.65. The summed E-state index contributed by atoms with van der Waals surface area (Å²) in [5.41, 5.74) is -0.0474. The molecule has 0 aromatic carbocycles. The molecule has 28 heavy (non-hydrogen) atoms. The van der Waals surface area contributed by atoms with Gasteiger partial charge in [0.25, 0.3) is 0 Å². The fraction of sp³-hybridized carbons (Fsp3) is 0.917. The molecule has 0 aromatic rings. The molecule has 4 saturated carbocycles. The van der Waals surface area contributed by atoms with Crippen LogP contribution in [0.25, 0.3) is 0 Å². The maximum Gasteiger partial charge on any atom is 0.309 e. The van der Waals surface area contributed by atoms with E-state index in [0.717, 1.165) is 19.3 Å². The van der Waals surface area contributed by atoms with E-state index >= 15 is 0 Å². The van der Waals surface area contributed by atoms with Crippen LogP contribution in [0.15, 0.2) is 0 Å². The highest BCUT2D eigenvalue weighted by Crippen LogP contribution is 2.72. The van der Waals surface area contributed by atoms with Crippen molar-refractivity contribution >= 4 is 11.9 Å². The second kappa shape index (κ2) is 6.74. The minimum atomic E-state index is -0.585. The Morgan fingerprint density at radius 1 is 1.04 bits per heavy atom. The molecule has 4 aliphatic carbocycles. The van der Waals surface area contributed by atoms with Gasteiger partial charge in [0.05, 0.1) is 17.9 Å². The van der Waals surface area contributed by atoms with Gasteiger partial charge in [-0.1, -0.05) is 27.2 Å². The number of esters is 1. The minimum absolute atomic E-state index is 0.0584. The molecule has 4 rings (SSSR count). The lowest BCUT2D eigenvalue weighted by atomic mass is 9.41. The standard InChI is InChI=1S/C24H38O4/c1-15(2)20(25)28-14-17-13-24-11-8-18-22(3,19(24)7-6-16(17)12-24)9-5-10-23(18,4)21(26)27/h15-19H,5-14H2,1-4H3,(H,26,27)/t16-,17+,18-,19-,22+,23+,24-/m0/s1. The van der Waals surface area contributed by atoms with Gasteiger partial charge in [-0.15, -0.1) is 0 Å². The van der Waals surface area contributed by atoms with Gasteiger partial charge in [-0.3, -0.25) is 9.59 Å². The molecule has 1 N–H and O–H groups in total. The highest BCUT2D eigenvalue weighted by molar-refractivity contribution is 5.75. The zero-order valence-electron chi connectivity index (χ0n) is 18.1. The van der Waals surface area contributed by atoms with Crippen molar-refractivity contribution in [2.24, 2.45) is 45.8 Å². The number of fused-ring (bicyclic) bond motifs is 3. The summed E-state index contributed by atoms with van der Waals surface area (Å²) in [7, 11) is 0. The van der Waals surface area contributed by atoms with Crippen molar-refractivity contribution in [1.29, 1.82) is 0 Å². The van der Waals surface area contributed by atoms with Crippen molar-refractivity contribution in [1.82, 2.24) is 0 Å². The Morgan fingerprint density at radius 2 is 1.79 bits per heavy atom. The van der Waals surface area contributed by atoms with Crippen LogP contribution in [0.1, 0.15) is 85.5 Å². The topological polar surface area (TPSA) is 63.6 Å². The van der Waals surface area contributed by atoms with Crippen LogP contribution in [0.4, 0.5) is 0 Å². The van der Waals surface area contributed by atoms with Crippen LogP contribution >= 0.6 is 0 Å².